The Balaban J connectivity index is 1.63. The molecule has 1 aliphatic heterocycles. The maximum Gasteiger partial charge on any atom is 0.246 e. The molecule has 1 aromatic carbocycles. The van der Waals surface area contributed by atoms with Gasteiger partial charge in [0.05, 0.1) is 18.7 Å². The molecule has 1 amide bonds. The van der Waals surface area contributed by atoms with E-state index in [1.54, 1.807) is 6.33 Å². The summed E-state index contributed by atoms with van der Waals surface area (Å²) < 4.78 is 0. The largest absolute Gasteiger partial charge is 0.369 e. The third-order valence-electron chi connectivity index (χ3n) is 5.96. The molecule has 0 unspecified atom stereocenters. The molecule has 0 saturated heterocycles. The van der Waals surface area contributed by atoms with Crippen LogP contribution in [0.5, 0.6) is 0 Å². The van der Waals surface area contributed by atoms with Gasteiger partial charge in [-0.2, -0.15) is 0 Å². The average Bonchev–Trinajstić information content (AvgIpc) is 2.84. The Hall–Kier alpha value is -2.63. The first-order valence-electron chi connectivity index (χ1n) is 10.3. The van der Waals surface area contributed by atoms with Crippen LogP contribution in [0.1, 0.15) is 43.2 Å². The van der Waals surface area contributed by atoms with E-state index in [0.29, 0.717) is 19.0 Å². The molecular weight excluding hydrogens is 350 g/mol. The smallest absolute Gasteiger partial charge is 0.246 e. The van der Waals surface area contributed by atoms with Crippen molar-refractivity contribution >= 4 is 23.2 Å². The van der Waals surface area contributed by atoms with Gasteiger partial charge in [0.2, 0.25) is 5.91 Å². The van der Waals surface area contributed by atoms with Crippen LogP contribution in [-0.2, 0) is 11.3 Å². The minimum atomic E-state index is 0.0769. The maximum absolute atomic E-state index is 13.0. The number of hydrogen-bond donors (Lipinski definition) is 1. The van der Waals surface area contributed by atoms with Gasteiger partial charge in [-0.05, 0) is 37.3 Å². The van der Waals surface area contributed by atoms with E-state index in [-0.39, 0.29) is 5.91 Å². The van der Waals surface area contributed by atoms with Crippen molar-refractivity contribution in [3.8, 4) is 0 Å². The van der Waals surface area contributed by atoms with E-state index >= 15 is 0 Å². The van der Waals surface area contributed by atoms with E-state index in [1.807, 2.05) is 48.0 Å². The normalized spacial score (nSPS) is 18.0. The zero-order chi connectivity index (χ0) is 19.5. The van der Waals surface area contributed by atoms with E-state index in [9.17, 15) is 4.79 Å². The summed E-state index contributed by atoms with van der Waals surface area (Å²) in [6.45, 7) is 3.77. The van der Waals surface area contributed by atoms with E-state index in [0.717, 1.165) is 35.0 Å². The molecular formula is C22H29N5O. The second-order valence-corrected chi connectivity index (χ2v) is 8.03. The quantitative estimate of drug-likeness (QED) is 0.876. The molecule has 0 bridgehead atoms. The first-order valence-corrected chi connectivity index (χ1v) is 10.3. The van der Waals surface area contributed by atoms with Gasteiger partial charge in [-0.25, -0.2) is 9.97 Å². The van der Waals surface area contributed by atoms with Crippen LogP contribution in [0, 0.1) is 12.8 Å². The molecule has 2 aromatic rings. The van der Waals surface area contributed by atoms with Crippen molar-refractivity contribution in [2.45, 2.75) is 45.6 Å². The van der Waals surface area contributed by atoms with Crippen molar-refractivity contribution < 1.29 is 4.79 Å². The lowest BCUT2D eigenvalue weighted by Crippen LogP contribution is -2.36. The van der Waals surface area contributed by atoms with Gasteiger partial charge in [-0.1, -0.05) is 37.5 Å². The van der Waals surface area contributed by atoms with Gasteiger partial charge in [-0.15, -0.1) is 0 Å². The highest BCUT2D eigenvalue weighted by atomic mass is 16.2. The molecule has 1 N–H and O–H groups in total. The maximum atomic E-state index is 13.0. The number of hydrogen-bond acceptors (Lipinski definition) is 5. The number of fused-ring (bicyclic) bond motifs is 1. The predicted molar refractivity (Wildman–Crippen MR) is 113 cm³/mol. The van der Waals surface area contributed by atoms with Crippen LogP contribution in [0.15, 0.2) is 30.6 Å². The highest BCUT2D eigenvalue weighted by molar-refractivity contribution is 5.98. The molecule has 1 aromatic heterocycles. The zero-order valence-corrected chi connectivity index (χ0v) is 16.8. The molecule has 148 valence electrons. The lowest BCUT2D eigenvalue weighted by molar-refractivity contribution is -0.117. The predicted octanol–water partition coefficient (Wildman–Crippen LogP) is 3.76. The number of nitrogens with one attached hydrogen (secondary N) is 1. The van der Waals surface area contributed by atoms with Crippen LogP contribution in [0.2, 0.25) is 0 Å². The Labute approximate surface area is 167 Å². The molecule has 0 atom stereocenters. The van der Waals surface area contributed by atoms with Crippen molar-refractivity contribution in [3.05, 3.63) is 41.7 Å². The van der Waals surface area contributed by atoms with Crippen LogP contribution in [0.3, 0.4) is 0 Å². The highest BCUT2D eigenvalue weighted by Gasteiger charge is 2.28. The Bertz CT molecular complexity index is 847. The van der Waals surface area contributed by atoms with Crippen molar-refractivity contribution in [2.75, 3.05) is 35.3 Å². The Kier molecular flexibility index (Phi) is 5.46. The van der Waals surface area contributed by atoms with Crippen LogP contribution < -0.4 is 15.1 Å². The van der Waals surface area contributed by atoms with Crippen molar-refractivity contribution in [1.29, 1.82) is 0 Å². The molecule has 1 fully saturated rings. The summed E-state index contributed by atoms with van der Waals surface area (Å²) in [6.07, 6.45) is 8.19. The van der Waals surface area contributed by atoms with Gasteiger partial charge < -0.3 is 15.1 Å². The second-order valence-electron chi connectivity index (χ2n) is 8.03. The molecule has 4 rings (SSSR count). The summed E-state index contributed by atoms with van der Waals surface area (Å²) in [5.41, 5.74) is 3.04. The Morgan fingerprint density at radius 2 is 1.89 bits per heavy atom. The fraction of sp³-hybridized carbons (Fsp3) is 0.500. The number of amides is 1. The monoisotopic (exact) mass is 379 g/mol. The number of carbonyl (C=O) groups is 1. The summed E-state index contributed by atoms with van der Waals surface area (Å²) in [7, 11) is 1.93. The first-order chi connectivity index (χ1) is 13.6. The highest BCUT2D eigenvalue weighted by Crippen LogP contribution is 2.32. The number of benzene rings is 1. The number of para-hydroxylation sites is 1. The van der Waals surface area contributed by atoms with Gasteiger partial charge >= 0.3 is 0 Å². The fourth-order valence-electron chi connectivity index (χ4n) is 4.36. The zero-order valence-electron chi connectivity index (χ0n) is 16.8. The van der Waals surface area contributed by atoms with Crippen LogP contribution >= 0.6 is 0 Å². The van der Waals surface area contributed by atoms with Crippen molar-refractivity contribution in [2.24, 2.45) is 5.92 Å². The average molecular weight is 380 g/mol. The first kappa shape index (κ1) is 18.7. The van der Waals surface area contributed by atoms with Gasteiger partial charge in [-0.3, -0.25) is 4.79 Å². The minimum Gasteiger partial charge on any atom is -0.369 e. The molecule has 1 aliphatic carbocycles. The molecule has 28 heavy (non-hydrogen) atoms. The van der Waals surface area contributed by atoms with Gasteiger partial charge in [0, 0.05) is 19.3 Å². The van der Waals surface area contributed by atoms with E-state index < -0.39 is 0 Å². The molecule has 0 spiro atoms. The molecule has 6 heteroatoms. The third-order valence-corrected chi connectivity index (χ3v) is 5.96. The number of likely N-dealkylation sites (N-methyl/N-ethyl adjacent to an activating group) is 1. The lowest BCUT2D eigenvalue weighted by atomic mass is 9.89. The summed E-state index contributed by atoms with van der Waals surface area (Å²) in [4.78, 5) is 25.8. The second kappa shape index (κ2) is 8.17. The van der Waals surface area contributed by atoms with E-state index in [1.165, 1.54) is 32.1 Å². The number of anilines is 3. The number of aryl methyl sites for hydroxylation is 1. The number of rotatable bonds is 4. The minimum absolute atomic E-state index is 0.0769. The lowest BCUT2D eigenvalue weighted by Gasteiger charge is -2.25. The number of nitrogens with zero attached hydrogens (tertiary/aromatic N) is 4. The van der Waals surface area contributed by atoms with Gasteiger partial charge in [0.15, 0.2) is 0 Å². The van der Waals surface area contributed by atoms with Crippen LogP contribution in [0.4, 0.5) is 17.3 Å². The molecule has 2 heterocycles. The van der Waals surface area contributed by atoms with Crippen LogP contribution in [-0.4, -0.2) is 36.0 Å². The number of carbonyl (C=O) groups excluding carboxylic acids is 1. The Morgan fingerprint density at radius 3 is 2.68 bits per heavy atom. The fourth-order valence-corrected chi connectivity index (χ4v) is 4.36. The van der Waals surface area contributed by atoms with Crippen LogP contribution in [0.25, 0.3) is 0 Å². The molecule has 6 nitrogen and oxygen atoms in total. The van der Waals surface area contributed by atoms with Gasteiger partial charge in [0.25, 0.3) is 0 Å². The van der Waals surface area contributed by atoms with Gasteiger partial charge in [0.1, 0.15) is 18.0 Å². The topological polar surface area (TPSA) is 61.4 Å². The van der Waals surface area contributed by atoms with Crippen molar-refractivity contribution in [3.63, 3.8) is 0 Å². The summed E-state index contributed by atoms with van der Waals surface area (Å²) in [5.74, 6) is 2.48. The summed E-state index contributed by atoms with van der Waals surface area (Å²) >= 11 is 0. The third kappa shape index (κ3) is 3.81. The van der Waals surface area contributed by atoms with E-state index in [4.69, 9.17) is 0 Å². The van der Waals surface area contributed by atoms with E-state index in [2.05, 4.69) is 15.3 Å². The SMILES string of the molecule is Cc1ccccc1N1Cc2c(NCC3CCCCC3)ncnc2N(C)CC1=O. The number of aromatic nitrogens is 2. The standard InChI is InChI=1S/C22H29N5O/c1-16-8-6-7-11-19(16)27-13-18-21(23-12-17-9-4-3-5-10-17)24-15-25-22(18)26(2)14-20(27)28/h6-8,11,15,17H,3-5,9-10,12-14H2,1-2H3,(H,23,24,25). The molecule has 1 saturated carbocycles. The molecule has 0 radical (unpaired) electrons. The molecule has 2 aliphatic rings. The summed E-state index contributed by atoms with van der Waals surface area (Å²) in [5, 5.41) is 3.58. The van der Waals surface area contributed by atoms with Crippen molar-refractivity contribution in [1.82, 2.24) is 9.97 Å². The Morgan fingerprint density at radius 1 is 1.11 bits per heavy atom. The summed E-state index contributed by atoms with van der Waals surface area (Å²) in [6, 6.07) is 8.04.